The number of phosphoric acid groups is 1. The molecule has 0 aromatic heterocycles. The molecule has 1 aromatic carbocycles. The minimum Gasteiger partial charge on any atom is -0.504 e. The number of ether oxygens (including phenoxy) is 2. The molecule has 1 unspecified atom stereocenters. The molecule has 1 aromatic rings. The van der Waals surface area contributed by atoms with E-state index >= 15 is 0 Å². The van der Waals surface area contributed by atoms with Crippen LogP contribution in [0.15, 0.2) is 12.1 Å². The van der Waals surface area contributed by atoms with Crippen LogP contribution in [0.1, 0.15) is 15.9 Å². The number of carbonyl (C=O) groups is 1. The summed E-state index contributed by atoms with van der Waals surface area (Å²) in [5.74, 6) is 0.174. The van der Waals surface area contributed by atoms with Crippen molar-refractivity contribution in [3.8, 4) is 17.2 Å². The van der Waals surface area contributed by atoms with Gasteiger partial charge in [-0.1, -0.05) is 24.0 Å². The molecule has 0 spiro atoms. The van der Waals surface area contributed by atoms with Gasteiger partial charge in [-0.2, -0.15) is 0 Å². The Bertz CT molecular complexity index is 1180. The van der Waals surface area contributed by atoms with Crippen LogP contribution in [0.5, 0.6) is 17.2 Å². The lowest BCUT2D eigenvalue weighted by Crippen LogP contribution is -2.55. The highest BCUT2D eigenvalue weighted by Gasteiger charge is 2.57. The number of benzene rings is 1. The van der Waals surface area contributed by atoms with Crippen LogP contribution >= 0.6 is 31.8 Å². The first-order valence-corrected chi connectivity index (χ1v) is 13.2. The van der Waals surface area contributed by atoms with Crippen molar-refractivity contribution in [3.63, 3.8) is 0 Å². The molecule has 34 heavy (non-hydrogen) atoms. The minimum absolute atomic E-state index is 0.00372. The Hall–Kier alpha value is -1.90. The van der Waals surface area contributed by atoms with Gasteiger partial charge in [-0.05, 0) is 24.8 Å². The molecule has 4 aliphatic heterocycles. The number of aromatic hydroxyl groups is 1. The number of thiocarbonyl (C=S) groups is 1. The number of amides is 1. The zero-order valence-corrected chi connectivity index (χ0v) is 20.2. The Balaban J connectivity index is 1.27. The van der Waals surface area contributed by atoms with E-state index in [4.69, 9.17) is 35.3 Å². The van der Waals surface area contributed by atoms with E-state index in [1.807, 2.05) is 11.9 Å². The van der Waals surface area contributed by atoms with Crippen LogP contribution in [0.3, 0.4) is 0 Å². The summed E-state index contributed by atoms with van der Waals surface area (Å²) in [6, 6.07) is 0.768. The summed E-state index contributed by atoms with van der Waals surface area (Å²) in [6.45, 7) is 0.276. The number of nitrogens with one attached hydrogen (secondary N) is 1. The van der Waals surface area contributed by atoms with E-state index in [1.165, 1.54) is 17.8 Å². The van der Waals surface area contributed by atoms with E-state index in [9.17, 15) is 19.6 Å². The van der Waals surface area contributed by atoms with E-state index in [2.05, 4.69) is 5.32 Å². The lowest BCUT2D eigenvalue weighted by atomic mass is 9.79. The van der Waals surface area contributed by atoms with Crippen molar-refractivity contribution in [2.75, 3.05) is 33.1 Å². The second-order valence-electron chi connectivity index (χ2n) is 8.37. The van der Waals surface area contributed by atoms with Crippen LogP contribution < -0.4 is 14.8 Å². The highest BCUT2D eigenvalue weighted by atomic mass is 32.2. The molecule has 2 fully saturated rings. The standard InChI is InChI=1S/C19H20N3O9PS2/c1-21-4-22(19(33)34-6-21)5-29-32(26)30-15-10(23)2-9-8-3-11-16(28-7-27-11)14(24)12(8)18(25)20-13(9)17(15)31-32/h2-3,10,13,15,17,23-24H,4-7H2,1H3,(H,20,25)/t10-,13+,15+,17-,32?/m0/s1. The zero-order chi connectivity index (χ0) is 23.8. The SMILES string of the molecule is CN1CSC(=S)N(COP2(=O)O[C@@H]3[C@H](O2)[C@@H](O)C=C2c4cc5c(c(O)c4C(=O)N[C@H]23)OCO5)C1. The van der Waals surface area contributed by atoms with Gasteiger partial charge >= 0.3 is 7.82 Å². The van der Waals surface area contributed by atoms with Crippen LogP contribution in [0.2, 0.25) is 0 Å². The summed E-state index contributed by atoms with van der Waals surface area (Å²) in [7, 11) is -2.17. The van der Waals surface area contributed by atoms with E-state index in [-0.39, 0.29) is 36.3 Å². The number of phenols is 1. The van der Waals surface area contributed by atoms with Gasteiger partial charge in [0.2, 0.25) is 12.5 Å². The average molecular weight is 529 g/mol. The maximum Gasteiger partial charge on any atom is 0.477 e. The van der Waals surface area contributed by atoms with Crippen molar-refractivity contribution < 1.29 is 42.6 Å². The molecule has 4 heterocycles. The largest absolute Gasteiger partial charge is 0.504 e. The molecule has 5 aliphatic rings. The molecule has 1 amide bonds. The molecular formula is C19H20N3O9PS2. The van der Waals surface area contributed by atoms with Gasteiger partial charge in [0.15, 0.2) is 11.5 Å². The highest BCUT2D eigenvalue weighted by molar-refractivity contribution is 8.22. The number of rotatable bonds is 3. The smallest absolute Gasteiger partial charge is 0.477 e. The van der Waals surface area contributed by atoms with Gasteiger partial charge in [0.25, 0.3) is 5.91 Å². The van der Waals surface area contributed by atoms with Crippen LogP contribution in [0.4, 0.5) is 0 Å². The fourth-order valence-corrected chi connectivity index (χ4v) is 7.07. The Labute approximate surface area is 203 Å². The number of nitrogens with zero attached hydrogens (tertiary/aromatic N) is 2. The van der Waals surface area contributed by atoms with Gasteiger partial charge in [0.1, 0.15) is 29.4 Å². The quantitative estimate of drug-likeness (QED) is 0.380. The van der Waals surface area contributed by atoms with Crippen LogP contribution in [-0.4, -0.2) is 87.7 Å². The maximum absolute atomic E-state index is 13.3. The molecule has 5 atom stereocenters. The maximum atomic E-state index is 13.3. The first kappa shape index (κ1) is 22.6. The lowest BCUT2D eigenvalue weighted by Gasteiger charge is -2.38. The Morgan fingerprint density at radius 2 is 2.15 bits per heavy atom. The fourth-order valence-electron chi connectivity index (χ4n) is 4.56. The molecule has 0 radical (unpaired) electrons. The molecule has 0 saturated carbocycles. The average Bonchev–Trinajstić information content (AvgIpc) is 3.41. The van der Waals surface area contributed by atoms with Crippen molar-refractivity contribution >= 4 is 47.6 Å². The van der Waals surface area contributed by atoms with E-state index in [1.54, 1.807) is 11.0 Å². The summed E-state index contributed by atoms with van der Waals surface area (Å²) in [6.07, 6.45) is -1.75. The summed E-state index contributed by atoms with van der Waals surface area (Å²) >= 11 is 6.77. The molecule has 182 valence electrons. The fraction of sp³-hybridized carbons (Fsp3) is 0.474. The molecule has 12 nitrogen and oxygen atoms in total. The monoisotopic (exact) mass is 529 g/mol. The Morgan fingerprint density at radius 1 is 1.35 bits per heavy atom. The van der Waals surface area contributed by atoms with Gasteiger partial charge in [-0.15, -0.1) is 0 Å². The Kier molecular flexibility index (Phi) is 5.35. The molecule has 15 heteroatoms. The van der Waals surface area contributed by atoms with Crippen molar-refractivity contribution in [2.45, 2.75) is 24.4 Å². The molecule has 1 aliphatic carbocycles. The third-order valence-corrected chi connectivity index (χ3v) is 9.21. The number of thioether (sulfide) groups is 1. The minimum atomic E-state index is -4.08. The van der Waals surface area contributed by atoms with Gasteiger partial charge in [-0.25, -0.2) is 4.57 Å². The van der Waals surface area contributed by atoms with Crippen molar-refractivity contribution in [2.24, 2.45) is 0 Å². The van der Waals surface area contributed by atoms with Crippen LogP contribution in [-0.2, 0) is 18.1 Å². The van der Waals surface area contributed by atoms with Crippen LogP contribution in [0, 0.1) is 0 Å². The number of hydrogen-bond acceptors (Lipinski definition) is 12. The number of hydrogen-bond donors (Lipinski definition) is 3. The first-order chi connectivity index (χ1) is 16.2. The van der Waals surface area contributed by atoms with Gasteiger partial charge in [0, 0.05) is 5.56 Å². The molecular weight excluding hydrogens is 509 g/mol. The van der Waals surface area contributed by atoms with Gasteiger partial charge in [-0.3, -0.25) is 23.3 Å². The summed E-state index contributed by atoms with van der Waals surface area (Å²) in [4.78, 5) is 16.6. The third kappa shape index (κ3) is 3.52. The van der Waals surface area contributed by atoms with Crippen molar-refractivity contribution in [1.29, 1.82) is 0 Å². The Morgan fingerprint density at radius 3 is 2.97 bits per heavy atom. The number of carbonyl (C=O) groups excluding carboxylic acids is 1. The first-order valence-electron chi connectivity index (χ1n) is 10.3. The lowest BCUT2D eigenvalue weighted by molar-refractivity contribution is 0.0287. The molecule has 6 rings (SSSR count). The number of aliphatic hydroxyl groups excluding tert-OH is 1. The normalized spacial score (nSPS) is 34.3. The molecule has 2 saturated heterocycles. The number of phenolic OH excluding ortho intramolecular Hbond substituents is 1. The molecule has 0 bridgehead atoms. The van der Waals surface area contributed by atoms with Gasteiger partial charge < -0.3 is 29.9 Å². The topological polar surface area (TPSA) is 139 Å². The number of phosphoric ester groups is 1. The third-order valence-electron chi connectivity index (χ3n) is 6.09. The summed E-state index contributed by atoms with van der Waals surface area (Å²) in [5.41, 5.74) is 0.832. The van der Waals surface area contributed by atoms with E-state index in [0.717, 1.165) is 5.88 Å². The summed E-state index contributed by atoms with van der Waals surface area (Å²) < 4.78 is 41.3. The molecule has 3 N–H and O–H groups in total. The number of aliphatic hydroxyl groups is 1. The van der Waals surface area contributed by atoms with Crippen molar-refractivity contribution in [3.05, 3.63) is 23.3 Å². The highest BCUT2D eigenvalue weighted by Crippen LogP contribution is 2.61. The van der Waals surface area contributed by atoms with Gasteiger partial charge in [0.05, 0.1) is 24.2 Å². The van der Waals surface area contributed by atoms with Crippen LogP contribution in [0.25, 0.3) is 5.57 Å². The predicted octanol–water partition coefficient (Wildman–Crippen LogP) is 1.04. The predicted molar refractivity (Wildman–Crippen MR) is 122 cm³/mol. The van der Waals surface area contributed by atoms with E-state index in [0.29, 0.717) is 22.1 Å². The van der Waals surface area contributed by atoms with Crippen molar-refractivity contribution in [1.82, 2.24) is 15.1 Å². The van der Waals surface area contributed by atoms with E-state index < -0.39 is 38.1 Å². The summed E-state index contributed by atoms with van der Waals surface area (Å²) in [5, 5.41) is 24.1. The zero-order valence-electron chi connectivity index (χ0n) is 17.7. The second kappa shape index (κ2) is 8.07. The second-order valence-corrected chi connectivity index (χ2v) is 11.5. The number of fused-ring (bicyclic) bond motifs is 6.